The number of hydrogen-bond acceptors (Lipinski definition) is 3. The Morgan fingerprint density at radius 2 is 1.50 bits per heavy atom. The van der Waals surface area contributed by atoms with Gasteiger partial charge in [0.25, 0.3) is 0 Å². The number of aromatic nitrogens is 2. The first-order valence-corrected chi connectivity index (χ1v) is 11.8. The molecular weight excluding hydrogens is 422 g/mol. The van der Waals surface area contributed by atoms with Crippen LogP contribution in [0.3, 0.4) is 0 Å². The van der Waals surface area contributed by atoms with E-state index in [0.29, 0.717) is 6.42 Å². The monoisotopic (exact) mass is 451 g/mol. The number of rotatable bonds is 6. The predicted molar refractivity (Wildman–Crippen MR) is 135 cm³/mol. The summed E-state index contributed by atoms with van der Waals surface area (Å²) in [5.41, 5.74) is 5.31. The van der Waals surface area contributed by atoms with Crippen molar-refractivity contribution in [3.63, 3.8) is 0 Å². The van der Waals surface area contributed by atoms with Crippen LogP contribution in [0.5, 0.6) is 5.75 Å². The van der Waals surface area contributed by atoms with Crippen molar-refractivity contribution in [2.45, 2.75) is 25.3 Å². The van der Waals surface area contributed by atoms with Gasteiger partial charge in [-0.25, -0.2) is 0 Å². The number of ether oxygens (including phenoxy) is 1. The van der Waals surface area contributed by atoms with Crippen LogP contribution in [0.4, 0.5) is 0 Å². The highest BCUT2D eigenvalue weighted by atomic mass is 16.5. The molecule has 1 fully saturated rings. The average Bonchev–Trinajstić information content (AvgIpc) is 3.36. The van der Waals surface area contributed by atoms with Gasteiger partial charge in [0.15, 0.2) is 0 Å². The summed E-state index contributed by atoms with van der Waals surface area (Å²) in [6.45, 7) is 1.46. The minimum atomic E-state index is 0.150. The zero-order chi connectivity index (χ0) is 23.3. The number of amides is 1. The van der Waals surface area contributed by atoms with Crippen LogP contribution in [0.25, 0.3) is 22.5 Å². The summed E-state index contributed by atoms with van der Waals surface area (Å²) in [6, 6.07) is 30.9. The fourth-order valence-corrected chi connectivity index (χ4v) is 4.73. The van der Waals surface area contributed by atoms with E-state index in [2.05, 4.69) is 47.1 Å². The van der Waals surface area contributed by atoms with Gasteiger partial charge in [-0.3, -0.25) is 9.48 Å². The minimum absolute atomic E-state index is 0.150. The van der Waals surface area contributed by atoms with Crippen LogP contribution in [0, 0.1) is 0 Å². The van der Waals surface area contributed by atoms with E-state index in [4.69, 9.17) is 9.84 Å². The van der Waals surface area contributed by atoms with Gasteiger partial charge in [0.05, 0.1) is 31.0 Å². The molecule has 172 valence electrons. The second-order valence-corrected chi connectivity index (χ2v) is 8.69. The molecule has 5 nitrogen and oxygen atoms in total. The molecule has 1 aromatic heterocycles. The fraction of sp³-hybridized carbons (Fsp3) is 0.241. The number of methoxy groups -OCH3 is 1. The molecule has 0 radical (unpaired) electrons. The maximum Gasteiger partial charge on any atom is 0.227 e. The second-order valence-electron chi connectivity index (χ2n) is 8.69. The third-order valence-electron chi connectivity index (χ3n) is 6.57. The highest BCUT2D eigenvalue weighted by Crippen LogP contribution is 2.32. The Hall–Kier alpha value is -3.86. The van der Waals surface area contributed by atoms with Gasteiger partial charge in [0, 0.05) is 24.2 Å². The summed E-state index contributed by atoms with van der Waals surface area (Å²) in [5.74, 6) is 0.917. The molecule has 0 aliphatic carbocycles. The Labute approximate surface area is 200 Å². The van der Waals surface area contributed by atoms with Crippen LogP contribution in [0.15, 0.2) is 91.0 Å². The molecule has 5 rings (SSSR count). The summed E-state index contributed by atoms with van der Waals surface area (Å²) in [5, 5.41) is 5.04. The van der Waals surface area contributed by atoms with Crippen LogP contribution in [0.1, 0.15) is 24.4 Å². The first-order valence-electron chi connectivity index (χ1n) is 11.8. The maximum absolute atomic E-state index is 13.0. The molecule has 0 saturated carbocycles. The van der Waals surface area contributed by atoms with Gasteiger partial charge < -0.3 is 9.64 Å². The normalized spacial score (nSPS) is 14.2. The van der Waals surface area contributed by atoms with Gasteiger partial charge in [0.2, 0.25) is 5.91 Å². The standard InChI is InChI=1S/C29H29N3O2/c1-34-28-15-9-8-14-24(28)20-29(33)31-18-16-25(17-19-31)32-27(23-12-6-3-7-13-23)21-26(30-32)22-10-4-2-5-11-22/h2-15,21,25H,16-20H2,1H3. The molecule has 1 aliphatic rings. The van der Waals surface area contributed by atoms with Crippen LogP contribution >= 0.6 is 0 Å². The molecule has 0 spiro atoms. The third kappa shape index (κ3) is 4.60. The van der Waals surface area contributed by atoms with Crippen molar-refractivity contribution in [2.75, 3.05) is 20.2 Å². The van der Waals surface area contributed by atoms with Gasteiger partial charge in [0.1, 0.15) is 5.75 Å². The number of piperidine rings is 1. The lowest BCUT2D eigenvalue weighted by atomic mass is 10.0. The van der Waals surface area contributed by atoms with E-state index in [9.17, 15) is 4.79 Å². The van der Waals surface area contributed by atoms with Crippen molar-refractivity contribution in [3.8, 4) is 28.3 Å². The Bertz CT molecular complexity index is 1240. The number of carbonyl (C=O) groups is 1. The molecule has 4 aromatic rings. The van der Waals surface area contributed by atoms with Gasteiger partial charge >= 0.3 is 0 Å². The number of benzene rings is 3. The van der Waals surface area contributed by atoms with E-state index in [1.165, 1.54) is 0 Å². The molecule has 34 heavy (non-hydrogen) atoms. The van der Waals surface area contributed by atoms with Crippen molar-refractivity contribution in [1.29, 1.82) is 0 Å². The summed E-state index contributed by atoms with van der Waals surface area (Å²) in [4.78, 5) is 15.0. The van der Waals surface area contributed by atoms with Gasteiger partial charge in [-0.05, 0) is 30.5 Å². The van der Waals surface area contributed by atoms with Crippen LogP contribution in [-0.2, 0) is 11.2 Å². The Morgan fingerprint density at radius 1 is 0.882 bits per heavy atom. The van der Waals surface area contributed by atoms with E-state index in [1.807, 2.05) is 53.4 Å². The fourth-order valence-electron chi connectivity index (χ4n) is 4.73. The molecule has 1 amide bonds. The molecule has 3 aromatic carbocycles. The number of likely N-dealkylation sites (tertiary alicyclic amines) is 1. The summed E-state index contributed by atoms with van der Waals surface area (Å²) in [7, 11) is 1.65. The summed E-state index contributed by atoms with van der Waals surface area (Å²) < 4.78 is 7.60. The molecule has 2 heterocycles. The minimum Gasteiger partial charge on any atom is -0.496 e. The molecular formula is C29H29N3O2. The molecule has 1 saturated heterocycles. The van der Waals surface area contributed by atoms with E-state index in [0.717, 1.165) is 59.8 Å². The van der Waals surface area contributed by atoms with E-state index in [-0.39, 0.29) is 11.9 Å². The highest BCUT2D eigenvalue weighted by molar-refractivity contribution is 5.79. The molecule has 0 atom stereocenters. The Balaban J connectivity index is 1.34. The van der Waals surface area contributed by atoms with Crippen LogP contribution in [0.2, 0.25) is 0 Å². The molecule has 0 unspecified atom stereocenters. The molecule has 0 N–H and O–H groups in total. The van der Waals surface area contributed by atoms with Crippen molar-refractivity contribution in [1.82, 2.24) is 14.7 Å². The zero-order valence-corrected chi connectivity index (χ0v) is 19.4. The van der Waals surface area contributed by atoms with E-state index >= 15 is 0 Å². The molecule has 1 aliphatic heterocycles. The van der Waals surface area contributed by atoms with Crippen LogP contribution in [-0.4, -0.2) is 40.8 Å². The largest absolute Gasteiger partial charge is 0.496 e. The zero-order valence-electron chi connectivity index (χ0n) is 19.4. The first kappa shape index (κ1) is 22.0. The Morgan fingerprint density at radius 3 is 2.18 bits per heavy atom. The first-order chi connectivity index (χ1) is 16.7. The lowest BCUT2D eigenvalue weighted by molar-refractivity contribution is -0.131. The van der Waals surface area contributed by atoms with Crippen molar-refractivity contribution >= 4 is 5.91 Å². The van der Waals surface area contributed by atoms with Crippen molar-refractivity contribution in [3.05, 3.63) is 96.6 Å². The highest BCUT2D eigenvalue weighted by Gasteiger charge is 2.27. The lowest BCUT2D eigenvalue weighted by Gasteiger charge is -2.33. The van der Waals surface area contributed by atoms with Crippen molar-refractivity contribution < 1.29 is 9.53 Å². The van der Waals surface area contributed by atoms with Crippen LogP contribution < -0.4 is 4.74 Å². The number of carbonyl (C=O) groups excluding carboxylic acids is 1. The third-order valence-corrected chi connectivity index (χ3v) is 6.57. The Kier molecular flexibility index (Phi) is 6.43. The van der Waals surface area contributed by atoms with E-state index < -0.39 is 0 Å². The van der Waals surface area contributed by atoms with Gasteiger partial charge in [-0.2, -0.15) is 5.10 Å². The van der Waals surface area contributed by atoms with Gasteiger partial charge in [-0.1, -0.05) is 78.9 Å². The number of nitrogens with zero attached hydrogens (tertiary/aromatic N) is 3. The SMILES string of the molecule is COc1ccccc1CC(=O)N1CCC(n2nc(-c3ccccc3)cc2-c2ccccc2)CC1. The average molecular weight is 452 g/mol. The number of para-hydroxylation sites is 1. The lowest BCUT2D eigenvalue weighted by Crippen LogP contribution is -2.40. The van der Waals surface area contributed by atoms with Crippen molar-refractivity contribution in [2.24, 2.45) is 0 Å². The second kappa shape index (κ2) is 9.96. The van der Waals surface area contributed by atoms with E-state index in [1.54, 1.807) is 7.11 Å². The summed E-state index contributed by atoms with van der Waals surface area (Å²) >= 11 is 0. The smallest absolute Gasteiger partial charge is 0.227 e. The quantitative estimate of drug-likeness (QED) is 0.382. The maximum atomic E-state index is 13.0. The molecule has 0 bridgehead atoms. The topological polar surface area (TPSA) is 47.4 Å². The molecule has 5 heteroatoms. The van der Waals surface area contributed by atoms with Gasteiger partial charge in [-0.15, -0.1) is 0 Å². The summed E-state index contributed by atoms with van der Waals surface area (Å²) in [6.07, 6.45) is 2.13. The number of hydrogen-bond donors (Lipinski definition) is 0. The predicted octanol–water partition coefficient (Wildman–Crippen LogP) is 5.63.